The third-order valence-electron chi connectivity index (χ3n) is 7.11. The zero-order valence-corrected chi connectivity index (χ0v) is 21.6. The number of nitrogens with zero attached hydrogens (tertiary/aromatic N) is 6. The molecule has 1 unspecified atom stereocenters. The van der Waals surface area contributed by atoms with E-state index in [1.807, 2.05) is 25.1 Å². The highest BCUT2D eigenvalue weighted by molar-refractivity contribution is 5.84. The summed E-state index contributed by atoms with van der Waals surface area (Å²) in [5.74, 6) is 1.35. The summed E-state index contributed by atoms with van der Waals surface area (Å²) in [6.45, 7) is 3.88. The fourth-order valence-corrected chi connectivity index (χ4v) is 4.92. The molecule has 4 aromatic heterocycles. The number of aryl methyl sites for hydroxylation is 1. The van der Waals surface area contributed by atoms with Crippen LogP contribution in [0.4, 0.5) is 11.8 Å². The van der Waals surface area contributed by atoms with Crippen LogP contribution in [-0.2, 0) is 22.3 Å². The lowest BCUT2D eigenvalue weighted by Crippen LogP contribution is -2.29. The number of rotatable bonds is 9. The number of nitrogens with one attached hydrogen (secondary N) is 2. The molecule has 0 aromatic carbocycles. The van der Waals surface area contributed by atoms with Gasteiger partial charge in [-0.15, -0.1) is 0 Å². The lowest BCUT2D eigenvalue weighted by atomic mass is 10.1. The molecule has 2 fully saturated rings. The highest BCUT2D eigenvalue weighted by Gasteiger charge is 2.47. The van der Waals surface area contributed by atoms with E-state index in [9.17, 15) is 10.2 Å². The van der Waals surface area contributed by atoms with Crippen LogP contribution in [0.1, 0.15) is 49.2 Å². The van der Waals surface area contributed by atoms with E-state index in [1.165, 1.54) is 0 Å². The third-order valence-corrected chi connectivity index (χ3v) is 7.11. The summed E-state index contributed by atoms with van der Waals surface area (Å²) in [6, 6.07) is 7.72. The Morgan fingerprint density at radius 2 is 1.95 bits per heavy atom. The first-order valence-corrected chi connectivity index (χ1v) is 13.3. The highest BCUT2D eigenvalue weighted by Crippen LogP contribution is 2.40. The van der Waals surface area contributed by atoms with Crippen molar-refractivity contribution < 1.29 is 24.2 Å². The normalized spacial score (nSPS) is 23.9. The van der Waals surface area contributed by atoms with Crippen LogP contribution in [0, 0.1) is 0 Å². The van der Waals surface area contributed by atoms with Crippen molar-refractivity contribution in [2.24, 2.45) is 0 Å². The van der Waals surface area contributed by atoms with Gasteiger partial charge >= 0.3 is 0 Å². The van der Waals surface area contributed by atoms with Gasteiger partial charge in [-0.25, -0.2) is 4.98 Å². The van der Waals surface area contributed by atoms with E-state index in [2.05, 4.69) is 25.8 Å². The summed E-state index contributed by atoms with van der Waals surface area (Å²) in [7, 11) is 0. The highest BCUT2D eigenvalue weighted by atomic mass is 16.6. The first kappa shape index (κ1) is 25.6. The van der Waals surface area contributed by atoms with Gasteiger partial charge < -0.3 is 34.8 Å². The minimum atomic E-state index is -1.25. The predicted octanol–water partition coefficient (Wildman–Crippen LogP) is 2.01. The van der Waals surface area contributed by atoms with Crippen LogP contribution in [-0.4, -0.2) is 77.9 Å². The van der Waals surface area contributed by atoms with Gasteiger partial charge in [-0.05, 0) is 31.4 Å². The number of aromatic nitrogens is 6. The number of hydrogen-bond donors (Lipinski definition) is 4. The Kier molecular flexibility index (Phi) is 7.37. The van der Waals surface area contributed by atoms with Crippen LogP contribution in [0.5, 0.6) is 0 Å². The molecule has 39 heavy (non-hydrogen) atoms. The van der Waals surface area contributed by atoms with E-state index in [1.54, 1.807) is 23.2 Å². The Morgan fingerprint density at radius 3 is 2.72 bits per heavy atom. The standard InChI is InChI=1S/C26H32N8O5/c1-2-15-13-18(39-33-15)22-20(35)21(36)25(38-22)34-14-29-19-23(30-17-7-11-37-12-8-17)31-26(32-24(19)34)28-10-6-16-5-3-4-9-27-16/h3-5,9,13-14,17,20-22,25,35-36H,2,6-8,10-12H2,1H3,(H2,28,30,31,32)/t20-,21+,22?,25+/m0/s1. The molecular formula is C26H32N8O5. The predicted molar refractivity (Wildman–Crippen MR) is 140 cm³/mol. The van der Waals surface area contributed by atoms with Crippen molar-refractivity contribution in [2.45, 2.75) is 63.2 Å². The van der Waals surface area contributed by atoms with Crippen LogP contribution < -0.4 is 10.6 Å². The zero-order chi connectivity index (χ0) is 26.8. The lowest BCUT2D eigenvalue weighted by Gasteiger charge is -2.24. The number of aliphatic hydroxyl groups is 2. The molecular weight excluding hydrogens is 504 g/mol. The van der Waals surface area contributed by atoms with E-state index < -0.39 is 24.5 Å². The van der Waals surface area contributed by atoms with Gasteiger partial charge in [-0.3, -0.25) is 9.55 Å². The van der Waals surface area contributed by atoms with Gasteiger partial charge in [-0.1, -0.05) is 18.1 Å². The molecule has 4 N–H and O–H groups in total. The number of hydrogen-bond acceptors (Lipinski definition) is 12. The zero-order valence-electron chi connectivity index (χ0n) is 21.6. The van der Waals surface area contributed by atoms with E-state index in [0.717, 1.165) is 24.2 Å². The van der Waals surface area contributed by atoms with Crippen LogP contribution >= 0.6 is 0 Å². The Balaban J connectivity index is 1.30. The van der Waals surface area contributed by atoms with Crippen molar-refractivity contribution in [1.29, 1.82) is 0 Å². The second kappa shape index (κ2) is 11.2. The molecule has 0 aliphatic carbocycles. The maximum atomic E-state index is 11.0. The number of ether oxygens (including phenoxy) is 2. The van der Waals surface area contributed by atoms with Gasteiger partial charge in [0.1, 0.15) is 18.3 Å². The van der Waals surface area contributed by atoms with Crippen molar-refractivity contribution >= 4 is 22.9 Å². The van der Waals surface area contributed by atoms with Gasteiger partial charge in [0.2, 0.25) is 5.95 Å². The van der Waals surface area contributed by atoms with Gasteiger partial charge in [0.05, 0.1) is 12.0 Å². The molecule has 0 bridgehead atoms. The number of pyridine rings is 1. The van der Waals surface area contributed by atoms with Gasteiger partial charge in [-0.2, -0.15) is 9.97 Å². The van der Waals surface area contributed by atoms with Crippen LogP contribution in [0.3, 0.4) is 0 Å². The summed E-state index contributed by atoms with van der Waals surface area (Å²) in [4.78, 5) is 18.4. The van der Waals surface area contributed by atoms with Crippen molar-refractivity contribution in [3.05, 3.63) is 53.9 Å². The first-order valence-electron chi connectivity index (χ1n) is 13.3. The van der Waals surface area contributed by atoms with Crippen molar-refractivity contribution in [2.75, 3.05) is 30.4 Å². The number of imidazole rings is 1. The van der Waals surface area contributed by atoms with Crippen molar-refractivity contribution in [3.63, 3.8) is 0 Å². The molecule has 0 spiro atoms. The topological polar surface area (TPSA) is 166 Å². The SMILES string of the molecule is CCc1cc(C2O[C@@H](n3cnc4c(NC5CCOCC5)nc(NCCc5ccccn5)nc43)[C@H](O)[C@@H]2O)on1. The first-order chi connectivity index (χ1) is 19.1. The number of fused-ring (bicyclic) bond motifs is 1. The minimum absolute atomic E-state index is 0.183. The van der Waals surface area contributed by atoms with Crippen LogP contribution in [0.15, 0.2) is 41.3 Å². The second-order valence-electron chi connectivity index (χ2n) is 9.75. The molecule has 6 heterocycles. The average molecular weight is 537 g/mol. The van der Waals surface area contributed by atoms with E-state index in [0.29, 0.717) is 61.3 Å². The largest absolute Gasteiger partial charge is 0.387 e. The fourth-order valence-electron chi connectivity index (χ4n) is 4.92. The van der Waals surface area contributed by atoms with E-state index in [-0.39, 0.29) is 6.04 Å². The molecule has 0 amide bonds. The molecule has 0 saturated carbocycles. The van der Waals surface area contributed by atoms with Crippen LogP contribution in [0.2, 0.25) is 0 Å². The average Bonchev–Trinajstić information content (AvgIpc) is 3.68. The summed E-state index contributed by atoms with van der Waals surface area (Å²) in [5.41, 5.74) is 2.70. The Hall–Kier alpha value is -3.65. The molecule has 2 aliphatic rings. The summed E-state index contributed by atoms with van der Waals surface area (Å²) in [5, 5.41) is 32.6. The van der Waals surface area contributed by atoms with Crippen molar-refractivity contribution in [1.82, 2.24) is 29.7 Å². The van der Waals surface area contributed by atoms with Gasteiger partial charge in [0.25, 0.3) is 0 Å². The summed E-state index contributed by atoms with van der Waals surface area (Å²) >= 11 is 0. The molecule has 13 nitrogen and oxygen atoms in total. The summed E-state index contributed by atoms with van der Waals surface area (Å²) in [6.07, 6.45) is 2.10. The van der Waals surface area contributed by atoms with Crippen LogP contribution in [0.25, 0.3) is 11.2 Å². The molecule has 2 aliphatic heterocycles. The van der Waals surface area contributed by atoms with Gasteiger partial charge in [0.15, 0.2) is 29.0 Å². The second-order valence-corrected chi connectivity index (χ2v) is 9.75. The van der Waals surface area contributed by atoms with E-state index in [4.69, 9.17) is 24.0 Å². The monoisotopic (exact) mass is 536 g/mol. The Labute approximate surface area is 224 Å². The molecule has 206 valence electrons. The maximum Gasteiger partial charge on any atom is 0.226 e. The summed E-state index contributed by atoms with van der Waals surface area (Å²) < 4.78 is 18.6. The Bertz CT molecular complexity index is 1390. The molecule has 6 rings (SSSR count). The molecule has 4 aromatic rings. The molecule has 0 radical (unpaired) electrons. The smallest absolute Gasteiger partial charge is 0.226 e. The maximum absolute atomic E-state index is 11.0. The Morgan fingerprint density at radius 1 is 1.08 bits per heavy atom. The third kappa shape index (κ3) is 5.30. The quantitative estimate of drug-likeness (QED) is 0.246. The van der Waals surface area contributed by atoms with Gasteiger partial charge in [0, 0.05) is 50.2 Å². The van der Waals surface area contributed by atoms with Crippen molar-refractivity contribution in [3.8, 4) is 0 Å². The molecule has 13 heteroatoms. The van der Waals surface area contributed by atoms with E-state index >= 15 is 0 Å². The lowest BCUT2D eigenvalue weighted by molar-refractivity contribution is -0.0434. The number of aliphatic hydroxyl groups excluding tert-OH is 2. The molecule has 4 atom stereocenters. The minimum Gasteiger partial charge on any atom is -0.387 e. The fraction of sp³-hybridized carbons (Fsp3) is 0.500. The number of anilines is 2. The molecule has 2 saturated heterocycles.